The van der Waals surface area contributed by atoms with Crippen LogP contribution in [0.4, 0.5) is 5.69 Å². The van der Waals surface area contributed by atoms with Gasteiger partial charge in [-0.15, -0.1) is 0 Å². The molecule has 108 valence electrons. The zero-order valence-electron chi connectivity index (χ0n) is 11.5. The number of methoxy groups -OCH3 is 1. The van der Waals surface area contributed by atoms with Gasteiger partial charge in [0, 0.05) is 13.2 Å². The number of aromatic nitrogens is 2. The van der Waals surface area contributed by atoms with Gasteiger partial charge >= 0.3 is 0 Å². The molecule has 0 saturated carbocycles. The molecule has 0 radical (unpaired) electrons. The Kier molecular flexibility index (Phi) is 7.48. The number of ether oxygens (including phenoxy) is 1. The monoisotopic (exact) mass is 349 g/mol. The average Bonchev–Trinajstić information content (AvgIpc) is 2.41. The normalized spacial score (nSPS) is 12.4. The van der Waals surface area contributed by atoms with Crippen molar-refractivity contribution in [1.82, 2.24) is 9.78 Å². The topological polar surface area (TPSA) is 56.1 Å². The second kappa shape index (κ2) is 8.60. The van der Waals surface area contributed by atoms with Gasteiger partial charge in [0.2, 0.25) is 0 Å². The van der Waals surface area contributed by atoms with Gasteiger partial charge in [0.25, 0.3) is 5.56 Å². The van der Waals surface area contributed by atoms with Crippen molar-refractivity contribution in [2.75, 3.05) is 31.0 Å². The van der Waals surface area contributed by atoms with Crippen LogP contribution in [-0.4, -0.2) is 41.5 Å². The molecule has 0 saturated heterocycles. The van der Waals surface area contributed by atoms with Crippen molar-refractivity contribution in [3.05, 3.63) is 21.0 Å². The van der Waals surface area contributed by atoms with E-state index in [-0.39, 0.29) is 5.56 Å². The molecule has 1 aromatic heterocycles. The van der Waals surface area contributed by atoms with E-state index in [2.05, 4.69) is 39.5 Å². The number of nitrogens with one attached hydrogen (secondary N) is 1. The van der Waals surface area contributed by atoms with E-state index in [4.69, 9.17) is 4.74 Å². The molecule has 0 aromatic carbocycles. The molecule has 7 heteroatoms. The molecule has 1 N–H and O–H groups in total. The molecule has 5 nitrogen and oxygen atoms in total. The Morgan fingerprint density at radius 2 is 2.37 bits per heavy atom. The first-order chi connectivity index (χ1) is 9.10. The minimum atomic E-state index is -0.140. The lowest BCUT2D eigenvalue weighted by atomic mass is 10.2. The molecule has 0 spiro atoms. The van der Waals surface area contributed by atoms with E-state index < -0.39 is 0 Å². The fourth-order valence-electron chi connectivity index (χ4n) is 1.53. The first-order valence-corrected chi connectivity index (χ1v) is 8.28. The summed E-state index contributed by atoms with van der Waals surface area (Å²) in [6.07, 6.45) is 4.80. The number of halogens is 1. The average molecular weight is 350 g/mol. The van der Waals surface area contributed by atoms with Gasteiger partial charge in [-0.1, -0.05) is 0 Å². The Balaban J connectivity index is 2.75. The summed E-state index contributed by atoms with van der Waals surface area (Å²) in [5, 5.41) is 7.44. The third-order valence-corrected chi connectivity index (χ3v) is 4.06. The fourth-order valence-corrected chi connectivity index (χ4v) is 2.55. The zero-order valence-corrected chi connectivity index (χ0v) is 13.9. The van der Waals surface area contributed by atoms with Crippen LogP contribution < -0.4 is 10.9 Å². The van der Waals surface area contributed by atoms with E-state index in [0.717, 1.165) is 17.9 Å². The Labute approximate surface area is 126 Å². The van der Waals surface area contributed by atoms with Crippen molar-refractivity contribution in [3.63, 3.8) is 0 Å². The minimum absolute atomic E-state index is 0.140. The van der Waals surface area contributed by atoms with E-state index >= 15 is 0 Å². The van der Waals surface area contributed by atoms with Gasteiger partial charge in [0.05, 0.1) is 25.0 Å². The molecule has 1 rings (SSSR count). The van der Waals surface area contributed by atoms with E-state index in [1.54, 1.807) is 13.3 Å². The van der Waals surface area contributed by atoms with Crippen LogP contribution in [0.5, 0.6) is 0 Å². The second-order valence-electron chi connectivity index (χ2n) is 4.22. The minimum Gasteiger partial charge on any atom is -0.383 e. The molecular weight excluding hydrogens is 330 g/mol. The van der Waals surface area contributed by atoms with Crippen LogP contribution in [0.25, 0.3) is 0 Å². The Hall–Kier alpha value is -0.530. The van der Waals surface area contributed by atoms with Crippen LogP contribution in [-0.2, 0) is 11.3 Å². The smallest absolute Gasteiger partial charge is 0.283 e. The van der Waals surface area contributed by atoms with Crippen LogP contribution in [0.1, 0.15) is 13.3 Å². The highest BCUT2D eigenvalue weighted by molar-refractivity contribution is 9.10. The number of hydrogen-bond donors (Lipinski definition) is 1. The van der Waals surface area contributed by atoms with Gasteiger partial charge in [0.1, 0.15) is 4.47 Å². The maximum absolute atomic E-state index is 12.0. The molecule has 1 aromatic rings. The van der Waals surface area contributed by atoms with Gasteiger partial charge in [-0.2, -0.15) is 16.9 Å². The molecule has 1 atom stereocenters. The Morgan fingerprint density at radius 3 is 3.00 bits per heavy atom. The summed E-state index contributed by atoms with van der Waals surface area (Å²) in [6, 6.07) is 0.305. The molecule has 0 bridgehead atoms. The van der Waals surface area contributed by atoms with Crippen LogP contribution >= 0.6 is 27.7 Å². The van der Waals surface area contributed by atoms with Crippen molar-refractivity contribution in [3.8, 4) is 0 Å². The van der Waals surface area contributed by atoms with Crippen molar-refractivity contribution in [2.45, 2.75) is 25.9 Å². The summed E-state index contributed by atoms with van der Waals surface area (Å²) in [5.74, 6) is 1.09. The van der Waals surface area contributed by atoms with Crippen molar-refractivity contribution >= 4 is 33.4 Å². The lowest BCUT2D eigenvalue weighted by Gasteiger charge is -2.16. The van der Waals surface area contributed by atoms with Crippen molar-refractivity contribution in [2.24, 2.45) is 0 Å². The van der Waals surface area contributed by atoms with Crippen LogP contribution in [0.15, 0.2) is 15.5 Å². The summed E-state index contributed by atoms with van der Waals surface area (Å²) >= 11 is 5.15. The Bertz CT molecular complexity index is 453. The Morgan fingerprint density at radius 1 is 1.63 bits per heavy atom. The molecular formula is C12H20BrN3O2S. The highest BCUT2D eigenvalue weighted by atomic mass is 79.9. The van der Waals surface area contributed by atoms with Crippen molar-refractivity contribution in [1.29, 1.82) is 0 Å². The number of thioether (sulfide) groups is 1. The molecule has 0 aliphatic carbocycles. The van der Waals surface area contributed by atoms with Crippen molar-refractivity contribution < 1.29 is 4.74 Å². The number of hydrogen-bond acceptors (Lipinski definition) is 5. The largest absolute Gasteiger partial charge is 0.383 e. The third-order valence-electron chi connectivity index (χ3n) is 2.65. The summed E-state index contributed by atoms with van der Waals surface area (Å²) < 4.78 is 6.86. The molecule has 1 heterocycles. The lowest BCUT2D eigenvalue weighted by Crippen LogP contribution is -2.27. The predicted octanol–water partition coefficient (Wildman–Crippen LogP) is 2.21. The van der Waals surface area contributed by atoms with E-state index in [1.165, 1.54) is 4.68 Å². The molecule has 0 fully saturated rings. The molecule has 0 amide bonds. The van der Waals surface area contributed by atoms with Crippen LogP contribution in [0, 0.1) is 0 Å². The van der Waals surface area contributed by atoms with Gasteiger partial charge in [-0.3, -0.25) is 4.79 Å². The van der Waals surface area contributed by atoms with E-state index in [9.17, 15) is 4.79 Å². The first kappa shape index (κ1) is 16.5. The number of anilines is 1. The quantitative estimate of drug-likeness (QED) is 0.779. The molecule has 19 heavy (non-hydrogen) atoms. The second-order valence-corrected chi connectivity index (χ2v) is 6.00. The zero-order chi connectivity index (χ0) is 14.3. The van der Waals surface area contributed by atoms with Crippen LogP contribution in [0.3, 0.4) is 0 Å². The number of rotatable bonds is 8. The summed E-state index contributed by atoms with van der Waals surface area (Å²) in [4.78, 5) is 12.0. The standard InChI is InChI=1S/C12H20BrN3O2S/c1-9(4-7-19-3)15-10-8-14-16(5-6-18-2)12(17)11(10)13/h8-9,15H,4-7H2,1-3H3. The van der Waals surface area contributed by atoms with E-state index in [0.29, 0.717) is 23.7 Å². The summed E-state index contributed by atoms with van der Waals surface area (Å²) in [6.45, 7) is 3.02. The number of nitrogens with zero attached hydrogens (tertiary/aromatic N) is 2. The maximum atomic E-state index is 12.0. The summed E-state index contributed by atoms with van der Waals surface area (Å²) in [7, 11) is 1.60. The predicted molar refractivity (Wildman–Crippen MR) is 84.2 cm³/mol. The van der Waals surface area contributed by atoms with Gasteiger partial charge < -0.3 is 10.1 Å². The van der Waals surface area contributed by atoms with Gasteiger partial charge in [-0.05, 0) is 41.3 Å². The SMILES string of the molecule is COCCn1ncc(NC(C)CCSC)c(Br)c1=O. The van der Waals surface area contributed by atoms with E-state index in [1.807, 2.05) is 11.8 Å². The van der Waals surface area contributed by atoms with Gasteiger partial charge in [0.15, 0.2) is 0 Å². The first-order valence-electron chi connectivity index (χ1n) is 6.10. The molecule has 0 aliphatic heterocycles. The third kappa shape index (κ3) is 5.16. The van der Waals surface area contributed by atoms with Crippen LogP contribution in [0.2, 0.25) is 0 Å². The lowest BCUT2D eigenvalue weighted by molar-refractivity contribution is 0.181. The summed E-state index contributed by atoms with van der Waals surface area (Å²) in [5.41, 5.74) is 0.603. The molecule has 1 unspecified atom stereocenters. The molecule has 0 aliphatic rings. The van der Waals surface area contributed by atoms with Gasteiger partial charge in [-0.25, -0.2) is 4.68 Å². The highest BCUT2D eigenvalue weighted by Crippen LogP contribution is 2.18. The fraction of sp³-hybridized carbons (Fsp3) is 0.667. The maximum Gasteiger partial charge on any atom is 0.283 e. The highest BCUT2D eigenvalue weighted by Gasteiger charge is 2.10.